The van der Waals surface area contributed by atoms with E-state index in [0.29, 0.717) is 12.5 Å². The lowest BCUT2D eigenvalue weighted by Crippen LogP contribution is -2.26. The Morgan fingerprint density at radius 1 is 0.900 bits per heavy atom. The molecule has 2 aromatic rings. The van der Waals surface area contributed by atoms with Crippen molar-refractivity contribution in [3.05, 3.63) is 60.2 Å². The third-order valence-electron chi connectivity index (χ3n) is 3.89. The smallest absolute Gasteiger partial charge is 0.0832 e. The number of aliphatic hydroxyl groups is 1. The van der Waals surface area contributed by atoms with Crippen molar-refractivity contribution in [1.29, 1.82) is 0 Å². The summed E-state index contributed by atoms with van der Waals surface area (Å²) < 4.78 is 0. The Morgan fingerprint density at radius 3 is 1.95 bits per heavy atom. The maximum absolute atomic E-state index is 10.4. The summed E-state index contributed by atoms with van der Waals surface area (Å²) in [5.41, 5.74) is 9.06. The molecule has 2 aromatic carbocycles. The van der Waals surface area contributed by atoms with Crippen LogP contribution in [0.3, 0.4) is 0 Å². The van der Waals surface area contributed by atoms with Crippen molar-refractivity contribution >= 4 is 0 Å². The average Bonchev–Trinajstić information content (AvgIpc) is 2.48. The van der Waals surface area contributed by atoms with Crippen LogP contribution in [-0.2, 0) is 0 Å². The molecule has 0 heterocycles. The number of hydrogen-bond donors (Lipinski definition) is 2. The fourth-order valence-electron chi connectivity index (χ4n) is 2.52. The predicted octanol–water partition coefficient (Wildman–Crippen LogP) is 3.62. The largest absolute Gasteiger partial charge is 0.388 e. The fraction of sp³-hybridized carbons (Fsp3) is 0.333. The van der Waals surface area contributed by atoms with E-state index >= 15 is 0 Å². The maximum atomic E-state index is 10.4. The molecule has 0 aliphatic heterocycles. The van der Waals surface area contributed by atoms with Gasteiger partial charge in [0.2, 0.25) is 0 Å². The average molecular weight is 269 g/mol. The number of aliphatic hydroxyl groups excluding tert-OH is 1. The molecule has 0 saturated heterocycles. The second-order valence-electron chi connectivity index (χ2n) is 5.58. The lowest BCUT2D eigenvalue weighted by molar-refractivity contribution is 0.0861. The normalized spacial score (nSPS) is 14.2. The summed E-state index contributed by atoms with van der Waals surface area (Å²) in [6.45, 7) is 4.69. The van der Waals surface area contributed by atoms with Crippen LogP contribution in [0.2, 0.25) is 0 Å². The quantitative estimate of drug-likeness (QED) is 0.871. The van der Waals surface area contributed by atoms with Crippen molar-refractivity contribution in [3.63, 3.8) is 0 Å². The minimum atomic E-state index is -0.496. The van der Waals surface area contributed by atoms with Crippen LogP contribution in [0.25, 0.3) is 11.1 Å². The van der Waals surface area contributed by atoms with Crippen LogP contribution in [-0.4, -0.2) is 11.7 Å². The topological polar surface area (TPSA) is 46.2 Å². The summed E-state index contributed by atoms with van der Waals surface area (Å²) in [6.07, 6.45) is -0.496. The molecule has 106 valence electrons. The van der Waals surface area contributed by atoms with Crippen molar-refractivity contribution in [2.24, 2.45) is 17.6 Å². The monoisotopic (exact) mass is 269 g/mol. The summed E-state index contributed by atoms with van der Waals surface area (Å²) in [5, 5.41) is 10.4. The summed E-state index contributed by atoms with van der Waals surface area (Å²) in [6, 6.07) is 18.4. The third-order valence-corrected chi connectivity index (χ3v) is 3.89. The van der Waals surface area contributed by atoms with E-state index in [0.717, 1.165) is 11.1 Å². The van der Waals surface area contributed by atoms with Crippen molar-refractivity contribution < 1.29 is 5.11 Å². The highest BCUT2D eigenvalue weighted by Gasteiger charge is 2.22. The first-order valence-electron chi connectivity index (χ1n) is 7.17. The van der Waals surface area contributed by atoms with E-state index in [9.17, 15) is 5.11 Å². The number of rotatable bonds is 5. The van der Waals surface area contributed by atoms with E-state index in [4.69, 9.17) is 5.73 Å². The van der Waals surface area contributed by atoms with E-state index in [2.05, 4.69) is 38.1 Å². The molecule has 2 rings (SSSR count). The van der Waals surface area contributed by atoms with Gasteiger partial charge in [0.1, 0.15) is 0 Å². The van der Waals surface area contributed by atoms with Gasteiger partial charge in [-0.05, 0) is 29.2 Å². The fourth-order valence-corrected chi connectivity index (χ4v) is 2.52. The molecule has 2 unspecified atom stereocenters. The summed E-state index contributed by atoms with van der Waals surface area (Å²) >= 11 is 0. The van der Waals surface area contributed by atoms with Crippen LogP contribution in [0.1, 0.15) is 25.5 Å². The molecule has 0 spiro atoms. The van der Waals surface area contributed by atoms with Gasteiger partial charge in [0.25, 0.3) is 0 Å². The highest BCUT2D eigenvalue weighted by Crippen LogP contribution is 2.29. The molecule has 2 nitrogen and oxygen atoms in total. The standard InChI is InChI=1S/C18H23NO/c1-13(2)17(12-19)18(20)16-10-8-15(9-11-16)14-6-4-3-5-7-14/h3-11,13,17-18,20H,12,19H2,1-2H3. The zero-order chi connectivity index (χ0) is 14.5. The molecular formula is C18H23NO. The van der Waals surface area contributed by atoms with Crippen molar-refractivity contribution in [2.75, 3.05) is 6.54 Å². The Balaban J connectivity index is 2.20. The Morgan fingerprint density at radius 2 is 1.45 bits per heavy atom. The van der Waals surface area contributed by atoms with Crippen LogP contribution in [0.4, 0.5) is 0 Å². The minimum absolute atomic E-state index is 0.0950. The summed E-state index contributed by atoms with van der Waals surface area (Å²) in [7, 11) is 0. The van der Waals surface area contributed by atoms with E-state index in [-0.39, 0.29) is 5.92 Å². The van der Waals surface area contributed by atoms with Gasteiger partial charge in [-0.1, -0.05) is 68.4 Å². The first-order chi connectivity index (χ1) is 9.63. The van der Waals surface area contributed by atoms with E-state index in [1.54, 1.807) is 0 Å². The molecule has 2 atom stereocenters. The zero-order valence-electron chi connectivity index (χ0n) is 12.2. The van der Waals surface area contributed by atoms with Crippen molar-refractivity contribution in [2.45, 2.75) is 20.0 Å². The zero-order valence-corrected chi connectivity index (χ0v) is 12.2. The van der Waals surface area contributed by atoms with E-state index < -0.39 is 6.10 Å². The van der Waals surface area contributed by atoms with Gasteiger partial charge < -0.3 is 10.8 Å². The molecule has 0 saturated carbocycles. The lowest BCUT2D eigenvalue weighted by atomic mass is 9.86. The third kappa shape index (κ3) is 3.27. The molecule has 0 aliphatic rings. The SMILES string of the molecule is CC(C)C(CN)C(O)c1ccc(-c2ccccc2)cc1. The second kappa shape index (κ2) is 6.69. The molecule has 0 aliphatic carbocycles. The Hall–Kier alpha value is -1.64. The van der Waals surface area contributed by atoms with Crippen LogP contribution in [0.15, 0.2) is 54.6 Å². The molecule has 0 aromatic heterocycles. The second-order valence-corrected chi connectivity index (χ2v) is 5.58. The van der Waals surface area contributed by atoms with Crippen LogP contribution in [0.5, 0.6) is 0 Å². The van der Waals surface area contributed by atoms with Gasteiger partial charge >= 0.3 is 0 Å². The van der Waals surface area contributed by atoms with E-state index in [1.807, 2.05) is 30.3 Å². The Kier molecular flexibility index (Phi) is 4.94. The first kappa shape index (κ1) is 14.8. The Bertz CT molecular complexity index is 519. The Labute approximate surface area is 121 Å². The van der Waals surface area contributed by atoms with Gasteiger partial charge in [-0.25, -0.2) is 0 Å². The van der Waals surface area contributed by atoms with Gasteiger partial charge in [-0.3, -0.25) is 0 Å². The van der Waals surface area contributed by atoms with Crippen LogP contribution < -0.4 is 5.73 Å². The number of benzene rings is 2. The highest BCUT2D eigenvalue weighted by atomic mass is 16.3. The van der Waals surface area contributed by atoms with E-state index in [1.165, 1.54) is 5.56 Å². The first-order valence-corrected chi connectivity index (χ1v) is 7.17. The molecular weight excluding hydrogens is 246 g/mol. The number of nitrogens with two attached hydrogens (primary N) is 1. The van der Waals surface area contributed by atoms with Gasteiger partial charge in [0, 0.05) is 5.92 Å². The summed E-state index contributed by atoms with van der Waals surface area (Å²) in [5.74, 6) is 0.460. The lowest BCUT2D eigenvalue weighted by Gasteiger charge is -2.25. The van der Waals surface area contributed by atoms with Crippen molar-refractivity contribution in [3.8, 4) is 11.1 Å². The molecule has 0 radical (unpaired) electrons. The van der Waals surface area contributed by atoms with Gasteiger partial charge in [0.05, 0.1) is 6.10 Å². The predicted molar refractivity (Wildman–Crippen MR) is 84.2 cm³/mol. The van der Waals surface area contributed by atoms with Crippen LogP contribution in [0, 0.1) is 11.8 Å². The van der Waals surface area contributed by atoms with Gasteiger partial charge in [-0.2, -0.15) is 0 Å². The molecule has 0 amide bonds. The molecule has 2 heteroatoms. The molecule has 0 fully saturated rings. The molecule has 20 heavy (non-hydrogen) atoms. The highest BCUT2D eigenvalue weighted by molar-refractivity contribution is 5.63. The van der Waals surface area contributed by atoms with Gasteiger partial charge in [-0.15, -0.1) is 0 Å². The summed E-state index contributed by atoms with van der Waals surface area (Å²) in [4.78, 5) is 0. The number of hydrogen-bond acceptors (Lipinski definition) is 2. The molecule has 3 N–H and O–H groups in total. The van der Waals surface area contributed by atoms with Crippen LogP contribution >= 0.6 is 0 Å². The maximum Gasteiger partial charge on any atom is 0.0832 e. The van der Waals surface area contributed by atoms with Gasteiger partial charge in [0.15, 0.2) is 0 Å². The van der Waals surface area contributed by atoms with Crippen molar-refractivity contribution in [1.82, 2.24) is 0 Å². The minimum Gasteiger partial charge on any atom is -0.388 e. The molecule has 0 bridgehead atoms.